The van der Waals surface area contributed by atoms with E-state index in [-0.39, 0.29) is 17.7 Å². The van der Waals surface area contributed by atoms with Crippen molar-refractivity contribution < 1.29 is 14.7 Å². The summed E-state index contributed by atoms with van der Waals surface area (Å²) in [7, 11) is 0. The molecule has 0 bridgehead atoms. The third-order valence-electron chi connectivity index (χ3n) is 4.41. The van der Waals surface area contributed by atoms with Gasteiger partial charge in [0.25, 0.3) is 5.91 Å². The van der Waals surface area contributed by atoms with Crippen LogP contribution in [0.5, 0.6) is 0 Å². The molecule has 24 heavy (non-hydrogen) atoms. The van der Waals surface area contributed by atoms with Crippen molar-refractivity contribution in [3.63, 3.8) is 0 Å². The van der Waals surface area contributed by atoms with Crippen molar-refractivity contribution >= 4 is 11.8 Å². The number of benzene rings is 1. The zero-order valence-corrected chi connectivity index (χ0v) is 14.8. The van der Waals surface area contributed by atoms with Gasteiger partial charge in [-0.05, 0) is 52.2 Å². The van der Waals surface area contributed by atoms with E-state index in [2.05, 4.69) is 5.32 Å². The number of rotatable bonds is 5. The number of amides is 2. The van der Waals surface area contributed by atoms with Crippen molar-refractivity contribution in [1.29, 1.82) is 0 Å². The molecule has 2 unspecified atom stereocenters. The lowest BCUT2D eigenvalue weighted by Gasteiger charge is -2.32. The van der Waals surface area contributed by atoms with Crippen LogP contribution in [-0.2, 0) is 4.79 Å². The second-order valence-corrected chi connectivity index (χ2v) is 6.90. The second kappa shape index (κ2) is 8.29. The maximum Gasteiger partial charge on any atom is 0.253 e. The number of likely N-dealkylation sites (tertiary alicyclic amines) is 1. The van der Waals surface area contributed by atoms with E-state index in [1.165, 1.54) is 0 Å². The van der Waals surface area contributed by atoms with Crippen LogP contribution >= 0.6 is 0 Å². The van der Waals surface area contributed by atoms with Gasteiger partial charge in [-0.2, -0.15) is 0 Å². The molecule has 0 radical (unpaired) electrons. The van der Waals surface area contributed by atoms with Crippen molar-refractivity contribution in [2.45, 2.75) is 46.1 Å². The van der Waals surface area contributed by atoms with E-state index in [0.29, 0.717) is 31.6 Å². The van der Waals surface area contributed by atoms with Gasteiger partial charge in [0.2, 0.25) is 5.91 Å². The number of aliphatic hydroxyl groups excluding tert-OH is 1. The standard InChI is InChI=1S/C19H28N2O3/c1-13-9-14(2)11-17(10-13)19(24)21-8-4-5-16(12-21)18(23)20-7-6-15(3)22/h9-11,15-16,22H,4-8,12H2,1-3H3,(H,20,23). The predicted molar refractivity (Wildman–Crippen MR) is 93.9 cm³/mol. The van der Waals surface area contributed by atoms with Gasteiger partial charge in [0.05, 0.1) is 12.0 Å². The van der Waals surface area contributed by atoms with E-state index in [1.807, 2.05) is 32.0 Å². The van der Waals surface area contributed by atoms with Gasteiger partial charge in [-0.1, -0.05) is 17.2 Å². The van der Waals surface area contributed by atoms with E-state index in [1.54, 1.807) is 11.8 Å². The number of carbonyl (C=O) groups excluding carboxylic acids is 2. The van der Waals surface area contributed by atoms with Crippen LogP contribution in [0.3, 0.4) is 0 Å². The second-order valence-electron chi connectivity index (χ2n) is 6.90. The number of piperidine rings is 1. The molecule has 0 spiro atoms. The number of hydrogen-bond acceptors (Lipinski definition) is 3. The molecule has 132 valence electrons. The molecule has 1 heterocycles. The SMILES string of the molecule is Cc1cc(C)cc(C(=O)N2CCCC(C(=O)NCCC(C)O)C2)c1. The summed E-state index contributed by atoms with van der Waals surface area (Å²) in [6.07, 6.45) is 1.77. The smallest absolute Gasteiger partial charge is 0.253 e. The average molecular weight is 332 g/mol. The summed E-state index contributed by atoms with van der Waals surface area (Å²) < 4.78 is 0. The Hall–Kier alpha value is -1.88. The largest absolute Gasteiger partial charge is 0.393 e. The lowest BCUT2D eigenvalue weighted by Crippen LogP contribution is -2.45. The van der Waals surface area contributed by atoms with E-state index in [9.17, 15) is 14.7 Å². The van der Waals surface area contributed by atoms with Crippen molar-refractivity contribution in [3.8, 4) is 0 Å². The van der Waals surface area contributed by atoms with Crippen LogP contribution in [0.1, 0.15) is 47.7 Å². The van der Waals surface area contributed by atoms with Crippen LogP contribution in [0.15, 0.2) is 18.2 Å². The molecule has 1 aliphatic heterocycles. The number of aryl methyl sites for hydroxylation is 2. The van der Waals surface area contributed by atoms with Gasteiger partial charge in [0.1, 0.15) is 0 Å². The van der Waals surface area contributed by atoms with Crippen molar-refractivity contribution in [2.24, 2.45) is 5.92 Å². The number of hydrogen-bond donors (Lipinski definition) is 2. The summed E-state index contributed by atoms with van der Waals surface area (Å²) in [5, 5.41) is 12.1. The number of nitrogens with one attached hydrogen (secondary N) is 1. The van der Waals surface area contributed by atoms with Gasteiger partial charge < -0.3 is 15.3 Å². The first kappa shape index (κ1) is 18.5. The van der Waals surface area contributed by atoms with Crippen molar-refractivity contribution in [3.05, 3.63) is 34.9 Å². The summed E-state index contributed by atoms with van der Waals surface area (Å²) in [6.45, 7) is 7.31. The molecular formula is C19H28N2O3. The molecule has 2 amide bonds. The van der Waals surface area contributed by atoms with Crippen LogP contribution in [-0.4, -0.2) is 47.6 Å². The molecule has 0 aromatic heterocycles. The summed E-state index contributed by atoms with van der Waals surface area (Å²) in [5.74, 6) is -0.181. The summed E-state index contributed by atoms with van der Waals surface area (Å²) >= 11 is 0. The minimum atomic E-state index is -0.417. The zero-order chi connectivity index (χ0) is 17.7. The van der Waals surface area contributed by atoms with Gasteiger partial charge in [0.15, 0.2) is 0 Å². The normalized spacial score (nSPS) is 19.0. The lowest BCUT2D eigenvalue weighted by atomic mass is 9.96. The third-order valence-corrected chi connectivity index (χ3v) is 4.41. The predicted octanol–water partition coefficient (Wildman–Crippen LogP) is 2.04. The maximum absolute atomic E-state index is 12.7. The molecule has 1 fully saturated rings. The molecule has 2 N–H and O–H groups in total. The third kappa shape index (κ3) is 5.06. The first-order valence-corrected chi connectivity index (χ1v) is 8.70. The van der Waals surface area contributed by atoms with Gasteiger partial charge in [0, 0.05) is 25.2 Å². The fraction of sp³-hybridized carbons (Fsp3) is 0.579. The molecular weight excluding hydrogens is 304 g/mol. The Balaban J connectivity index is 1.96. The number of aliphatic hydroxyl groups is 1. The molecule has 1 aromatic carbocycles. The highest BCUT2D eigenvalue weighted by atomic mass is 16.3. The Kier molecular flexibility index (Phi) is 6.37. The Morgan fingerprint density at radius 2 is 1.96 bits per heavy atom. The molecule has 5 heteroatoms. The monoisotopic (exact) mass is 332 g/mol. The van der Waals surface area contributed by atoms with Crippen LogP contribution in [0.4, 0.5) is 0 Å². The molecule has 1 aromatic rings. The Morgan fingerprint density at radius 3 is 2.58 bits per heavy atom. The Morgan fingerprint density at radius 1 is 1.29 bits per heavy atom. The maximum atomic E-state index is 12.7. The van der Waals surface area contributed by atoms with Crippen LogP contribution in [0.2, 0.25) is 0 Å². The lowest BCUT2D eigenvalue weighted by molar-refractivity contribution is -0.126. The van der Waals surface area contributed by atoms with E-state index in [0.717, 1.165) is 24.0 Å². The molecule has 5 nitrogen and oxygen atoms in total. The fourth-order valence-electron chi connectivity index (χ4n) is 3.20. The minimum Gasteiger partial charge on any atom is -0.393 e. The molecule has 0 aliphatic carbocycles. The topological polar surface area (TPSA) is 69.6 Å². The van der Waals surface area contributed by atoms with Gasteiger partial charge >= 0.3 is 0 Å². The van der Waals surface area contributed by atoms with Crippen molar-refractivity contribution in [1.82, 2.24) is 10.2 Å². The summed E-state index contributed by atoms with van der Waals surface area (Å²) in [4.78, 5) is 26.8. The number of carbonyl (C=O) groups is 2. The van der Waals surface area contributed by atoms with Gasteiger partial charge in [-0.3, -0.25) is 9.59 Å². The van der Waals surface area contributed by atoms with Crippen LogP contribution in [0.25, 0.3) is 0 Å². The van der Waals surface area contributed by atoms with Crippen LogP contribution < -0.4 is 5.32 Å². The zero-order valence-electron chi connectivity index (χ0n) is 14.8. The number of nitrogens with zero attached hydrogens (tertiary/aromatic N) is 1. The average Bonchev–Trinajstić information content (AvgIpc) is 2.53. The highest BCUT2D eigenvalue weighted by Crippen LogP contribution is 2.20. The van der Waals surface area contributed by atoms with E-state index >= 15 is 0 Å². The first-order valence-electron chi connectivity index (χ1n) is 8.70. The van der Waals surface area contributed by atoms with Gasteiger partial charge in [-0.15, -0.1) is 0 Å². The highest BCUT2D eigenvalue weighted by molar-refractivity contribution is 5.95. The fourth-order valence-corrected chi connectivity index (χ4v) is 3.20. The van der Waals surface area contributed by atoms with Crippen LogP contribution in [0, 0.1) is 19.8 Å². The molecule has 1 aliphatic rings. The van der Waals surface area contributed by atoms with E-state index in [4.69, 9.17) is 0 Å². The highest BCUT2D eigenvalue weighted by Gasteiger charge is 2.28. The summed E-state index contributed by atoms with van der Waals surface area (Å²) in [5.41, 5.74) is 2.84. The molecule has 2 atom stereocenters. The Bertz CT molecular complexity index is 578. The Labute approximate surface area is 144 Å². The molecule has 0 saturated carbocycles. The quantitative estimate of drug-likeness (QED) is 0.867. The van der Waals surface area contributed by atoms with Gasteiger partial charge in [-0.25, -0.2) is 0 Å². The molecule has 2 rings (SSSR count). The van der Waals surface area contributed by atoms with E-state index < -0.39 is 6.10 Å². The van der Waals surface area contributed by atoms with Crippen molar-refractivity contribution in [2.75, 3.05) is 19.6 Å². The first-order chi connectivity index (χ1) is 11.4. The molecule has 1 saturated heterocycles. The minimum absolute atomic E-state index is 0.00304. The summed E-state index contributed by atoms with van der Waals surface area (Å²) in [6, 6.07) is 5.86.